The number of aromatic nitrogens is 3. The van der Waals surface area contributed by atoms with Crippen LogP contribution in [0.2, 0.25) is 0 Å². The topological polar surface area (TPSA) is 62.7 Å². The highest BCUT2D eigenvalue weighted by atomic mass is 32.2. The summed E-state index contributed by atoms with van der Waals surface area (Å²) in [5, 5.41) is 12.4. The molecule has 7 rings (SSSR count). The molecule has 0 amide bonds. The molecule has 4 aromatic carbocycles. The molecule has 8 heteroatoms. The van der Waals surface area contributed by atoms with Gasteiger partial charge in [-0.3, -0.25) is 0 Å². The molecule has 0 aliphatic carbocycles. The second-order valence-corrected chi connectivity index (χ2v) is 11.9. The van der Waals surface area contributed by atoms with Crippen molar-refractivity contribution in [2.45, 2.75) is 10.5 Å². The van der Waals surface area contributed by atoms with Crippen molar-refractivity contribution in [3.63, 3.8) is 0 Å². The van der Waals surface area contributed by atoms with Crippen molar-refractivity contribution in [2.24, 2.45) is 0 Å². The summed E-state index contributed by atoms with van der Waals surface area (Å²) in [5.41, 5.74) is 6.70. The van der Waals surface area contributed by atoms with Crippen LogP contribution in [-0.4, -0.2) is 21.9 Å². The lowest BCUT2D eigenvalue weighted by molar-refractivity contribution is 1.08. The van der Waals surface area contributed by atoms with Crippen LogP contribution in [0.3, 0.4) is 0 Å². The van der Waals surface area contributed by atoms with E-state index in [0.717, 1.165) is 16.8 Å². The second-order valence-electron chi connectivity index (χ2n) is 9.75. The summed E-state index contributed by atoms with van der Waals surface area (Å²) < 4.78 is 0. The molecule has 2 aliphatic rings. The van der Waals surface area contributed by atoms with E-state index in [1.807, 2.05) is 102 Å². The first-order valence-electron chi connectivity index (χ1n) is 13.5. The first-order valence-corrected chi connectivity index (χ1v) is 15.4. The zero-order valence-electron chi connectivity index (χ0n) is 22.1. The molecule has 5 aromatic rings. The molecule has 0 saturated heterocycles. The van der Waals surface area contributed by atoms with E-state index in [1.54, 1.807) is 0 Å². The van der Waals surface area contributed by atoms with Gasteiger partial charge >= 0.3 is 6.98 Å². The van der Waals surface area contributed by atoms with Crippen LogP contribution in [0.1, 0.15) is 21.6 Å². The minimum Gasteiger partial charge on any atom is -0.405 e. The summed E-state index contributed by atoms with van der Waals surface area (Å²) in [7, 11) is 0. The van der Waals surface area contributed by atoms with Gasteiger partial charge < -0.3 is 10.5 Å². The van der Waals surface area contributed by atoms with Crippen LogP contribution in [-0.2, 0) is 0 Å². The van der Waals surface area contributed by atoms with Crippen molar-refractivity contribution in [2.75, 3.05) is 10.5 Å². The SMILES string of the molecule is C1=CC(c2cccc(C3C=CS3)c2B(Nc2ccccc2)Nc2nc(-c3ccccc3)nc(-c3ccccc3)n2)S1. The average Bonchev–Trinajstić information content (AvgIpc) is 2.97. The number of benzene rings is 4. The normalized spacial score (nSPS) is 16.9. The largest absolute Gasteiger partial charge is 0.409 e. The molecular formula is C33H26BN5S2. The molecule has 3 heterocycles. The second kappa shape index (κ2) is 11.7. The molecule has 41 heavy (non-hydrogen) atoms. The van der Waals surface area contributed by atoms with E-state index in [4.69, 9.17) is 15.0 Å². The predicted molar refractivity (Wildman–Crippen MR) is 175 cm³/mol. The third-order valence-electron chi connectivity index (χ3n) is 7.09. The summed E-state index contributed by atoms with van der Waals surface area (Å²) >= 11 is 3.69. The Morgan fingerprint density at radius 1 is 0.537 bits per heavy atom. The summed E-state index contributed by atoms with van der Waals surface area (Å²) in [6.07, 6.45) is 4.53. The van der Waals surface area contributed by atoms with E-state index in [2.05, 4.69) is 63.8 Å². The Morgan fingerprint density at radius 2 is 1.02 bits per heavy atom. The maximum absolute atomic E-state index is 4.94. The van der Waals surface area contributed by atoms with Crippen molar-refractivity contribution < 1.29 is 0 Å². The Kier molecular flexibility index (Phi) is 7.32. The van der Waals surface area contributed by atoms with Crippen molar-refractivity contribution in [3.8, 4) is 22.8 Å². The Hall–Kier alpha value is -4.27. The standard InChI is InChI=1S/C33H26BN5S2/c1-4-11-23(12-5-1)31-35-32(24-13-6-2-7-14-24)37-33(36-31)39-34(38-25-15-8-3-9-16-25)30-26(28-19-21-40-28)17-10-18-27(30)29-20-22-41-29/h1-22,28-29,38H,(H,35,36,37,39). The maximum atomic E-state index is 4.94. The van der Waals surface area contributed by atoms with Gasteiger partial charge in [-0.15, -0.1) is 23.5 Å². The fourth-order valence-corrected chi connectivity index (χ4v) is 6.32. The molecule has 0 fully saturated rings. The summed E-state index contributed by atoms with van der Waals surface area (Å²) in [5.74, 6) is 1.77. The van der Waals surface area contributed by atoms with E-state index in [9.17, 15) is 0 Å². The Morgan fingerprint density at radius 3 is 1.49 bits per heavy atom. The maximum Gasteiger partial charge on any atom is 0.409 e. The monoisotopic (exact) mass is 567 g/mol. The highest BCUT2D eigenvalue weighted by molar-refractivity contribution is 8.04. The number of anilines is 2. The van der Waals surface area contributed by atoms with E-state index in [0.29, 0.717) is 28.1 Å². The van der Waals surface area contributed by atoms with Crippen molar-refractivity contribution in [3.05, 3.63) is 143 Å². The summed E-state index contributed by atoms with van der Waals surface area (Å²) in [4.78, 5) is 14.8. The summed E-state index contributed by atoms with van der Waals surface area (Å²) in [6, 6.07) is 37.1. The van der Waals surface area contributed by atoms with E-state index >= 15 is 0 Å². The zero-order valence-corrected chi connectivity index (χ0v) is 23.7. The van der Waals surface area contributed by atoms with Gasteiger partial charge in [-0.1, -0.05) is 109 Å². The highest BCUT2D eigenvalue weighted by Crippen LogP contribution is 2.43. The molecule has 2 aliphatic heterocycles. The first-order chi connectivity index (χ1) is 20.3. The molecule has 1 aromatic heterocycles. The van der Waals surface area contributed by atoms with Crippen LogP contribution < -0.4 is 15.9 Å². The lowest BCUT2D eigenvalue weighted by atomic mass is 9.62. The minimum absolute atomic E-state index is 0.289. The molecular weight excluding hydrogens is 541 g/mol. The number of hydrogen-bond donors (Lipinski definition) is 2. The predicted octanol–water partition coefficient (Wildman–Crippen LogP) is 7.73. The minimum atomic E-state index is -0.289. The average molecular weight is 568 g/mol. The smallest absolute Gasteiger partial charge is 0.405 e. The Balaban J connectivity index is 1.37. The number of thioether (sulfide) groups is 2. The fourth-order valence-electron chi connectivity index (χ4n) is 4.98. The lowest BCUT2D eigenvalue weighted by Gasteiger charge is -2.30. The molecule has 0 saturated carbocycles. The number of hydrogen-bond acceptors (Lipinski definition) is 7. The first kappa shape index (κ1) is 25.7. The van der Waals surface area contributed by atoms with E-state index in [1.165, 1.54) is 16.6 Å². The van der Waals surface area contributed by atoms with Gasteiger partial charge in [0, 0.05) is 16.8 Å². The van der Waals surface area contributed by atoms with Gasteiger partial charge in [0.05, 0.1) is 10.5 Å². The fraction of sp³-hybridized carbons (Fsp3) is 0.0606. The van der Waals surface area contributed by atoms with Gasteiger partial charge in [-0.2, -0.15) is 9.97 Å². The third-order valence-corrected chi connectivity index (χ3v) is 9.13. The van der Waals surface area contributed by atoms with Crippen LogP contribution >= 0.6 is 23.5 Å². The molecule has 2 N–H and O–H groups in total. The van der Waals surface area contributed by atoms with Gasteiger partial charge in [0.25, 0.3) is 0 Å². The summed E-state index contributed by atoms with van der Waals surface area (Å²) in [6.45, 7) is -0.289. The highest BCUT2D eigenvalue weighted by Gasteiger charge is 2.33. The Labute approximate surface area is 248 Å². The van der Waals surface area contributed by atoms with Gasteiger partial charge in [0.1, 0.15) is 0 Å². The molecule has 0 spiro atoms. The van der Waals surface area contributed by atoms with Crippen molar-refractivity contribution in [1.29, 1.82) is 0 Å². The molecule has 0 radical (unpaired) electrons. The van der Waals surface area contributed by atoms with Gasteiger partial charge in [-0.05, 0) is 39.5 Å². The quantitative estimate of drug-likeness (QED) is 0.177. The number of rotatable bonds is 9. The van der Waals surface area contributed by atoms with Crippen molar-refractivity contribution in [1.82, 2.24) is 15.0 Å². The van der Waals surface area contributed by atoms with Gasteiger partial charge in [-0.25, -0.2) is 4.98 Å². The van der Waals surface area contributed by atoms with Crippen molar-refractivity contribution >= 4 is 47.6 Å². The number of nitrogens with one attached hydrogen (secondary N) is 2. The molecule has 5 nitrogen and oxygen atoms in total. The number of para-hydroxylation sites is 1. The zero-order chi connectivity index (χ0) is 27.4. The van der Waals surface area contributed by atoms with Crippen LogP contribution in [0.15, 0.2) is 132 Å². The van der Waals surface area contributed by atoms with Crippen LogP contribution in [0.4, 0.5) is 11.6 Å². The lowest BCUT2D eigenvalue weighted by Crippen LogP contribution is -2.50. The molecule has 198 valence electrons. The van der Waals surface area contributed by atoms with Gasteiger partial charge in [0.15, 0.2) is 11.6 Å². The van der Waals surface area contributed by atoms with E-state index < -0.39 is 0 Å². The molecule has 0 bridgehead atoms. The van der Waals surface area contributed by atoms with Crippen LogP contribution in [0.5, 0.6) is 0 Å². The third kappa shape index (κ3) is 5.53. The molecule has 2 unspecified atom stereocenters. The Bertz CT molecular complexity index is 1620. The van der Waals surface area contributed by atoms with Crippen LogP contribution in [0, 0.1) is 0 Å². The van der Waals surface area contributed by atoms with E-state index in [-0.39, 0.29) is 6.98 Å². The van der Waals surface area contributed by atoms with Crippen LogP contribution in [0.25, 0.3) is 22.8 Å². The number of nitrogens with zero attached hydrogens (tertiary/aromatic N) is 3. The molecule has 2 atom stereocenters. The van der Waals surface area contributed by atoms with Gasteiger partial charge in [0.2, 0.25) is 5.95 Å².